The van der Waals surface area contributed by atoms with Gasteiger partial charge < -0.3 is 9.47 Å². The van der Waals surface area contributed by atoms with Crippen LogP contribution in [0.2, 0.25) is 0 Å². The molecule has 0 saturated carbocycles. The van der Waals surface area contributed by atoms with Gasteiger partial charge in [0.15, 0.2) is 0 Å². The van der Waals surface area contributed by atoms with Gasteiger partial charge in [0.25, 0.3) is 0 Å². The van der Waals surface area contributed by atoms with Gasteiger partial charge in [-0.05, 0) is 12.1 Å². The Kier molecular flexibility index (Phi) is 6.12. The molecule has 0 fully saturated rings. The van der Waals surface area contributed by atoms with Crippen LogP contribution in [0, 0.1) is 0 Å². The molecule has 0 spiro atoms. The number of anilines is 2. The number of hydrogen-bond donors (Lipinski definition) is 3. The summed E-state index contributed by atoms with van der Waals surface area (Å²) >= 11 is 0. The van der Waals surface area contributed by atoms with E-state index in [1.54, 1.807) is 4.72 Å². The average Bonchev–Trinajstić information content (AvgIpc) is 2.59. The Balaban J connectivity index is 2.14. The summed E-state index contributed by atoms with van der Waals surface area (Å²) in [6, 6.07) is 3.85. The number of alkyl halides is 3. The molecule has 10 nitrogen and oxygen atoms in total. The SMILES string of the molecule is COc1cc(OC)nc(NC(=O)NS(=O)(=O)Nc2ccccc2C(F)(F)F)n1. The minimum absolute atomic E-state index is 0.0160. The summed E-state index contributed by atoms with van der Waals surface area (Å²) in [5, 5.41) is 2.00. The third-order valence-corrected chi connectivity index (χ3v) is 3.97. The van der Waals surface area contributed by atoms with E-state index >= 15 is 0 Å². The molecule has 0 aliphatic rings. The van der Waals surface area contributed by atoms with Gasteiger partial charge in [-0.1, -0.05) is 12.1 Å². The molecule has 0 unspecified atom stereocenters. The van der Waals surface area contributed by atoms with Crippen LogP contribution in [-0.4, -0.2) is 38.6 Å². The smallest absolute Gasteiger partial charge is 0.418 e. The highest BCUT2D eigenvalue weighted by Gasteiger charge is 2.34. The van der Waals surface area contributed by atoms with Crippen molar-refractivity contribution < 1.29 is 35.9 Å². The molecular weight excluding hydrogens is 407 g/mol. The second kappa shape index (κ2) is 8.16. The lowest BCUT2D eigenvalue weighted by molar-refractivity contribution is -0.136. The van der Waals surface area contributed by atoms with Gasteiger partial charge in [0.2, 0.25) is 17.7 Å². The zero-order valence-electron chi connectivity index (χ0n) is 14.4. The number of nitrogens with one attached hydrogen (secondary N) is 3. The fourth-order valence-electron chi connectivity index (χ4n) is 1.91. The zero-order chi connectivity index (χ0) is 20.9. The van der Waals surface area contributed by atoms with E-state index in [0.717, 1.165) is 12.1 Å². The number of para-hydroxylation sites is 1. The van der Waals surface area contributed by atoms with E-state index in [-0.39, 0.29) is 17.7 Å². The van der Waals surface area contributed by atoms with Crippen LogP contribution in [0.3, 0.4) is 0 Å². The molecule has 2 rings (SSSR count). The summed E-state index contributed by atoms with van der Waals surface area (Å²) in [5.41, 5.74) is -1.98. The standard InChI is InChI=1S/C14H14F3N5O5S/c1-26-10-7-11(27-2)19-12(18-10)20-13(23)22-28(24,25)21-9-6-4-3-5-8(9)14(15,16)17/h3-7,21H,1-2H3,(H2,18,19,20,22,23). The van der Waals surface area contributed by atoms with E-state index in [0.29, 0.717) is 6.07 Å². The maximum Gasteiger partial charge on any atom is 0.418 e. The molecule has 1 aromatic carbocycles. The Hall–Kier alpha value is -3.29. The molecule has 14 heteroatoms. The van der Waals surface area contributed by atoms with Gasteiger partial charge in [-0.2, -0.15) is 31.6 Å². The van der Waals surface area contributed by atoms with E-state index in [4.69, 9.17) is 9.47 Å². The molecule has 0 aliphatic heterocycles. The molecular formula is C14H14F3N5O5S. The fourth-order valence-corrected chi connectivity index (χ4v) is 2.72. The number of carbonyl (C=O) groups is 1. The molecule has 2 aromatic rings. The van der Waals surface area contributed by atoms with E-state index < -0.39 is 33.7 Å². The lowest BCUT2D eigenvalue weighted by atomic mass is 10.2. The summed E-state index contributed by atoms with van der Waals surface area (Å²) in [6.45, 7) is 0. The lowest BCUT2D eigenvalue weighted by Crippen LogP contribution is -2.39. The molecule has 3 N–H and O–H groups in total. The van der Waals surface area contributed by atoms with Crippen LogP contribution in [0.1, 0.15) is 5.56 Å². The number of urea groups is 1. The molecule has 0 atom stereocenters. The summed E-state index contributed by atoms with van der Waals surface area (Å²) < 4.78 is 75.7. The van der Waals surface area contributed by atoms with Crippen molar-refractivity contribution in [3.8, 4) is 11.8 Å². The number of hydrogen-bond acceptors (Lipinski definition) is 7. The van der Waals surface area contributed by atoms with Crippen molar-refractivity contribution in [1.82, 2.24) is 14.7 Å². The first-order valence-corrected chi connectivity index (χ1v) is 8.77. The maximum atomic E-state index is 12.9. The Bertz CT molecular complexity index is 946. The predicted molar refractivity (Wildman–Crippen MR) is 91.3 cm³/mol. The number of rotatable bonds is 6. The molecule has 2 amide bonds. The minimum atomic E-state index is -4.80. The Morgan fingerprint density at radius 2 is 1.64 bits per heavy atom. The van der Waals surface area contributed by atoms with Crippen LogP contribution in [0.4, 0.5) is 29.6 Å². The molecule has 152 valence electrons. The predicted octanol–water partition coefficient (Wildman–Crippen LogP) is 1.99. The number of methoxy groups -OCH3 is 2. The Morgan fingerprint density at radius 3 is 2.18 bits per heavy atom. The summed E-state index contributed by atoms with van der Waals surface area (Å²) in [5.74, 6) is -0.330. The van der Waals surface area contributed by atoms with Crippen LogP contribution in [0.5, 0.6) is 11.8 Å². The highest BCUT2D eigenvalue weighted by molar-refractivity contribution is 7.91. The Morgan fingerprint density at radius 1 is 1.07 bits per heavy atom. The number of aromatic nitrogens is 2. The van der Waals surface area contributed by atoms with Crippen LogP contribution >= 0.6 is 0 Å². The van der Waals surface area contributed by atoms with Crippen LogP contribution in [0.15, 0.2) is 30.3 Å². The topological polar surface area (TPSA) is 132 Å². The Labute approximate surface area is 157 Å². The van der Waals surface area contributed by atoms with E-state index in [9.17, 15) is 26.4 Å². The molecule has 0 radical (unpaired) electrons. The van der Waals surface area contributed by atoms with Crippen LogP contribution in [0.25, 0.3) is 0 Å². The van der Waals surface area contributed by atoms with Crippen LogP contribution < -0.4 is 24.2 Å². The minimum Gasteiger partial charge on any atom is -0.481 e. The highest BCUT2D eigenvalue weighted by Crippen LogP contribution is 2.34. The highest BCUT2D eigenvalue weighted by atomic mass is 32.2. The number of halogens is 3. The van der Waals surface area contributed by atoms with Crippen molar-refractivity contribution in [2.45, 2.75) is 6.18 Å². The van der Waals surface area contributed by atoms with Crippen molar-refractivity contribution in [2.24, 2.45) is 0 Å². The van der Waals surface area contributed by atoms with Crippen LogP contribution in [-0.2, 0) is 16.4 Å². The van der Waals surface area contributed by atoms with Gasteiger partial charge in [0.1, 0.15) is 0 Å². The molecule has 0 saturated heterocycles. The second-order valence-corrected chi connectivity index (χ2v) is 6.40. The van der Waals surface area contributed by atoms with Gasteiger partial charge in [-0.25, -0.2) is 9.52 Å². The van der Waals surface area contributed by atoms with E-state index in [1.165, 1.54) is 31.1 Å². The van der Waals surface area contributed by atoms with E-state index in [1.807, 2.05) is 5.32 Å². The monoisotopic (exact) mass is 421 g/mol. The summed E-state index contributed by atoms with van der Waals surface area (Å²) in [7, 11) is -2.12. The summed E-state index contributed by atoms with van der Waals surface area (Å²) in [4.78, 5) is 19.4. The van der Waals surface area contributed by atoms with Gasteiger partial charge in [-0.3, -0.25) is 10.0 Å². The first-order valence-electron chi connectivity index (χ1n) is 7.29. The van der Waals surface area contributed by atoms with Crippen molar-refractivity contribution in [3.05, 3.63) is 35.9 Å². The quantitative estimate of drug-likeness (QED) is 0.650. The molecule has 28 heavy (non-hydrogen) atoms. The number of benzene rings is 1. The number of nitrogens with zero attached hydrogens (tertiary/aromatic N) is 2. The molecule has 1 heterocycles. The van der Waals surface area contributed by atoms with Crippen molar-refractivity contribution in [2.75, 3.05) is 24.3 Å². The van der Waals surface area contributed by atoms with Crippen molar-refractivity contribution in [3.63, 3.8) is 0 Å². The summed E-state index contributed by atoms with van der Waals surface area (Å²) in [6.07, 6.45) is -4.80. The maximum absolute atomic E-state index is 12.9. The van der Waals surface area contributed by atoms with E-state index in [2.05, 4.69) is 9.97 Å². The third-order valence-electron chi connectivity index (χ3n) is 3.03. The first kappa shape index (κ1) is 21.0. The number of carbonyl (C=O) groups excluding carboxylic acids is 1. The van der Waals surface area contributed by atoms with Gasteiger partial charge in [-0.15, -0.1) is 0 Å². The first-order chi connectivity index (χ1) is 13.0. The lowest BCUT2D eigenvalue weighted by Gasteiger charge is -2.15. The molecule has 0 bridgehead atoms. The van der Waals surface area contributed by atoms with Gasteiger partial charge in [0.05, 0.1) is 31.5 Å². The van der Waals surface area contributed by atoms with Gasteiger partial charge in [0, 0.05) is 0 Å². The fraction of sp³-hybridized carbons (Fsp3) is 0.214. The molecule has 1 aromatic heterocycles. The second-order valence-electron chi connectivity index (χ2n) is 4.98. The normalized spacial score (nSPS) is 11.5. The van der Waals surface area contributed by atoms with Gasteiger partial charge >= 0.3 is 22.4 Å². The largest absolute Gasteiger partial charge is 0.481 e. The third kappa shape index (κ3) is 5.60. The van der Waals surface area contributed by atoms with Crippen molar-refractivity contribution >= 4 is 27.9 Å². The molecule has 0 aliphatic carbocycles. The number of amides is 2. The van der Waals surface area contributed by atoms with Crippen molar-refractivity contribution in [1.29, 1.82) is 0 Å². The zero-order valence-corrected chi connectivity index (χ0v) is 15.2. The number of ether oxygens (including phenoxy) is 2. The average molecular weight is 421 g/mol.